The van der Waals surface area contributed by atoms with Crippen molar-refractivity contribution in [3.8, 4) is 0 Å². The van der Waals surface area contributed by atoms with Crippen LogP contribution in [-0.4, -0.2) is 24.6 Å². The van der Waals surface area contributed by atoms with E-state index in [-0.39, 0.29) is 0 Å². The Morgan fingerprint density at radius 3 is 2.60 bits per heavy atom. The number of guanidine groups is 1. The second-order valence-corrected chi connectivity index (χ2v) is 5.95. The van der Waals surface area contributed by atoms with Crippen molar-refractivity contribution >= 4 is 5.96 Å². The number of nitrogens with one attached hydrogen (secondary N) is 2. The first-order valence-corrected chi connectivity index (χ1v) is 7.99. The molecule has 0 saturated heterocycles. The zero-order chi connectivity index (χ0) is 13.8. The minimum atomic E-state index is 0.552. The Morgan fingerprint density at radius 2 is 1.90 bits per heavy atom. The van der Waals surface area contributed by atoms with Crippen LogP contribution in [0.3, 0.4) is 0 Å². The van der Waals surface area contributed by atoms with Gasteiger partial charge in [-0.1, -0.05) is 43.2 Å². The normalized spacial score (nSPS) is 26.6. The lowest BCUT2D eigenvalue weighted by Crippen LogP contribution is -2.43. The molecule has 20 heavy (non-hydrogen) atoms. The van der Waals surface area contributed by atoms with E-state index >= 15 is 0 Å². The van der Waals surface area contributed by atoms with Crippen molar-refractivity contribution in [2.24, 2.45) is 4.99 Å². The van der Waals surface area contributed by atoms with Crippen LogP contribution in [0.5, 0.6) is 0 Å². The Bertz CT molecular complexity index is 449. The molecule has 0 aromatic heterocycles. The van der Waals surface area contributed by atoms with E-state index in [0.717, 1.165) is 12.5 Å². The predicted molar refractivity (Wildman–Crippen MR) is 84.1 cm³/mol. The average molecular weight is 271 g/mol. The number of benzene rings is 1. The molecule has 0 spiro atoms. The standard InChI is InChI=1S/C17H25N3/c1-2-18-17(19-14-10-6-7-11-14)20-16-12-15(16)13-8-4-3-5-9-13/h3-5,8-9,14-16H,2,6-7,10-12H2,1H3,(H2,18,19,20). The minimum absolute atomic E-state index is 0.552. The minimum Gasteiger partial charge on any atom is -0.354 e. The second-order valence-electron chi connectivity index (χ2n) is 5.95. The molecular weight excluding hydrogens is 246 g/mol. The molecule has 0 heterocycles. The molecule has 2 aliphatic rings. The van der Waals surface area contributed by atoms with Gasteiger partial charge >= 0.3 is 0 Å². The van der Waals surface area contributed by atoms with Crippen LogP contribution >= 0.6 is 0 Å². The highest BCUT2D eigenvalue weighted by atomic mass is 15.2. The maximum atomic E-state index is 4.59. The van der Waals surface area contributed by atoms with Gasteiger partial charge in [-0.2, -0.15) is 0 Å². The van der Waals surface area contributed by atoms with Crippen LogP contribution < -0.4 is 10.6 Å². The van der Waals surface area contributed by atoms with Gasteiger partial charge in [0.15, 0.2) is 5.96 Å². The summed E-state index contributed by atoms with van der Waals surface area (Å²) < 4.78 is 0. The molecule has 3 nitrogen and oxygen atoms in total. The maximum Gasteiger partial charge on any atom is 0.191 e. The molecule has 1 aromatic carbocycles. The Morgan fingerprint density at radius 1 is 1.15 bits per heavy atom. The van der Waals surface area contributed by atoms with Crippen LogP contribution in [0.2, 0.25) is 0 Å². The van der Waals surface area contributed by atoms with Gasteiger partial charge in [0, 0.05) is 24.5 Å². The monoisotopic (exact) mass is 271 g/mol. The molecule has 2 N–H and O–H groups in total. The summed E-state index contributed by atoms with van der Waals surface area (Å²) in [6.45, 7) is 2.93. The molecular formula is C17H25N3. The topological polar surface area (TPSA) is 36.4 Å². The molecule has 2 unspecified atom stereocenters. The van der Waals surface area contributed by atoms with Crippen molar-refractivity contribution < 1.29 is 0 Å². The SMILES string of the molecule is CCN=C(NC1CCCC1)NC1CC1c1ccccc1. The van der Waals surface area contributed by atoms with E-state index in [9.17, 15) is 0 Å². The van der Waals surface area contributed by atoms with Crippen molar-refractivity contribution in [3.05, 3.63) is 35.9 Å². The first-order chi connectivity index (χ1) is 9.86. The number of rotatable bonds is 4. The highest BCUT2D eigenvalue weighted by Crippen LogP contribution is 2.40. The molecule has 2 atom stereocenters. The summed E-state index contributed by atoms with van der Waals surface area (Å²) in [6, 6.07) is 12.0. The first kappa shape index (κ1) is 13.5. The summed E-state index contributed by atoms with van der Waals surface area (Å²) in [5.74, 6) is 1.67. The summed E-state index contributed by atoms with van der Waals surface area (Å²) in [4.78, 5) is 4.59. The average Bonchev–Trinajstić information content (AvgIpc) is 3.04. The summed E-state index contributed by atoms with van der Waals surface area (Å²) in [7, 11) is 0. The van der Waals surface area contributed by atoms with E-state index in [1.807, 2.05) is 0 Å². The first-order valence-electron chi connectivity index (χ1n) is 7.99. The number of nitrogens with zero attached hydrogens (tertiary/aromatic N) is 1. The zero-order valence-electron chi connectivity index (χ0n) is 12.3. The third-order valence-corrected chi connectivity index (χ3v) is 4.35. The quantitative estimate of drug-likeness (QED) is 0.652. The van der Waals surface area contributed by atoms with E-state index in [2.05, 4.69) is 52.9 Å². The highest BCUT2D eigenvalue weighted by molar-refractivity contribution is 5.81. The van der Waals surface area contributed by atoms with Gasteiger partial charge in [0.25, 0.3) is 0 Å². The fourth-order valence-electron chi connectivity index (χ4n) is 3.15. The number of aliphatic imine (C=N–C) groups is 1. The summed E-state index contributed by atoms with van der Waals surface area (Å²) in [5.41, 5.74) is 1.45. The van der Waals surface area contributed by atoms with Crippen LogP contribution in [0, 0.1) is 0 Å². The molecule has 2 fully saturated rings. The number of hydrogen-bond donors (Lipinski definition) is 2. The molecule has 0 bridgehead atoms. The van der Waals surface area contributed by atoms with E-state index in [1.165, 1.54) is 37.7 Å². The maximum absolute atomic E-state index is 4.59. The fourth-order valence-corrected chi connectivity index (χ4v) is 3.15. The van der Waals surface area contributed by atoms with Gasteiger partial charge in [0.2, 0.25) is 0 Å². The molecule has 1 aromatic rings. The summed E-state index contributed by atoms with van der Waals surface area (Å²) >= 11 is 0. The zero-order valence-corrected chi connectivity index (χ0v) is 12.3. The largest absolute Gasteiger partial charge is 0.354 e. The van der Waals surface area contributed by atoms with Crippen molar-refractivity contribution in [1.82, 2.24) is 10.6 Å². The highest BCUT2D eigenvalue weighted by Gasteiger charge is 2.39. The van der Waals surface area contributed by atoms with Crippen molar-refractivity contribution in [2.75, 3.05) is 6.54 Å². The van der Waals surface area contributed by atoms with Crippen LogP contribution in [0.15, 0.2) is 35.3 Å². The van der Waals surface area contributed by atoms with E-state index in [4.69, 9.17) is 0 Å². The second kappa shape index (κ2) is 6.29. The molecule has 0 amide bonds. The van der Waals surface area contributed by atoms with Gasteiger partial charge < -0.3 is 10.6 Å². The van der Waals surface area contributed by atoms with Gasteiger partial charge in [-0.15, -0.1) is 0 Å². The smallest absolute Gasteiger partial charge is 0.191 e. The van der Waals surface area contributed by atoms with Crippen LogP contribution in [0.1, 0.15) is 50.5 Å². The third-order valence-electron chi connectivity index (χ3n) is 4.35. The van der Waals surface area contributed by atoms with Crippen LogP contribution in [0.4, 0.5) is 0 Å². The van der Waals surface area contributed by atoms with Gasteiger partial charge in [0.05, 0.1) is 0 Å². The summed E-state index contributed by atoms with van der Waals surface area (Å²) in [6.07, 6.45) is 6.51. The lowest BCUT2D eigenvalue weighted by molar-refractivity contribution is 0.610. The Balaban J connectivity index is 1.54. The van der Waals surface area contributed by atoms with E-state index in [0.29, 0.717) is 18.0 Å². The number of hydrogen-bond acceptors (Lipinski definition) is 1. The van der Waals surface area contributed by atoms with Crippen molar-refractivity contribution in [3.63, 3.8) is 0 Å². The lowest BCUT2D eigenvalue weighted by atomic mass is 10.1. The molecule has 108 valence electrons. The van der Waals surface area contributed by atoms with Crippen LogP contribution in [0.25, 0.3) is 0 Å². The molecule has 3 rings (SSSR count). The molecule has 0 aliphatic heterocycles. The summed E-state index contributed by atoms with van der Waals surface area (Å²) in [5, 5.41) is 7.21. The van der Waals surface area contributed by atoms with Crippen LogP contribution in [-0.2, 0) is 0 Å². The Labute approximate surface area is 121 Å². The van der Waals surface area contributed by atoms with Crippen molar-refractivity contribution in [2.45, 2.75) is 57.0 Å². The van der Waals surface area contributed by atoms with E-state index < -0.39 is 0 Å². The van der Waals surface area contributed by atoms with Gasteiger partial charge in [-0.3, -0.25) is 4.99 Å². The molecule has 3 heteroatoms. The van der Waals surface area contributed by atoms with Gasteiger partial charge in [0.1, 0.15) is 0 Å². The van der Waals surface area contributed by atoms with Gasteiger partial charge in [-0.25, -0.2) is 0 Å². The molecule has 2 saturated carbocycles. The Kier molecular flexibility index (Phi) is 4.24. The van der Waals surface area contributed by atoms with Crippen molar-refractivity contribution in [1.29, 1.82) is 0 Å². The molecule has 2 aliphatic carbocycles. The Hall–Kier alpha value is -1.51. The lowest BCUT2D eigenvalue weighted by Gasteiger charge is -2.17. The van der Waals surface area contributed by atoms with E-state index in [1.54, 1.807) is 0 Å². The third kappa shape index (κ3) is 3.33. The molecule has 0 radical (unpaired) electrons. The van der Waals surface area contributed by atoms with Gasteiger partial charge in [-0.05, 0) is 31.7 Å². The fraction of sp³-hybridized carbons (Fsp3) is 0.588. The predicted octanol–water partition coefficient (Wildman–Crippen LogP) is 3.04.